The van der Waals surface area contributed by atoms with Gasteiger partial charge < -0.3 is 25.4 Å². The van der Waals surface area contributed by atoms with Gasteiger partial charge in [0.05, 0.1) is 12.8 Å². The van der Waals surface area contributed by atoms with E-state index in [0.717, 1.165) is 63.7 Å². The third-order valence-electron chi connectivity index (χ3n) is 5.46. The number of anilines is 1. The summed E-state index contributed by atoms with van der Waals surface area (Å²) >= 11 is 0. The summed E-state index contributed by atoms with van der Waals surface area (Å²) in [5.74, 6) is 3.46. The van der Waals surface area contributed by atoms with Crippen LogP contribution in [0, 0.1) is 17.8 Å². The van der Waals surface area contributed by atoms with E-state index in [2.05, 4.69) is 48.4 Å². The quantitative estimate of drug-likeness (QED) is 0.391. The predicted molar refractivity (Wildman–Crippen MR) is 122 cm³/mol. The number of aliphatic hydroxyl groups is 1. The van der Waals surface area contributed by atoms with Crippen LogP contribution in [0.25, 0.3) is 0 Å². The first-order valence-corrected chi connectivity index (χ1v) is 11.1. The van der Waals surface area contributed by atoms with Gasteiger partial charge in [-0.15, -0.1) is 0 Å². The molecule has 2 atom stereocenters. The van der Waals surface area contributed by atoms with Gasteiger partial charge in [-0.1, -0.05) is 26.0 Å². The normalized spacial score (nSPS) is 18.2. The summed E-state index contributed by atoms with van der Waals surface area (Å²) in [6.07, 6.45) is 3.07. The second-order valence-electron chi connectivity index (χ2n) is 8.38. The highest BCUT2D eigenvalue weighted by molar-refractivity contribution is 5.79. The van der Waals surface area contributed by atoms with Crippen LogP contribution in [0.15, 0.2) is 29.3 Å². The summed E-state index contributed by atoms with van der Waals surface area (Å²) in [5, 5.41) is 16.2. The Hall–Kier alpha value is -1.95. The number of nitrogens with zero attached hydrogens (tertiary/aromatic N) is 2. The molecule has 1 fully saturated rings. The van der Waals surface area contributed by atoms with Crippen LogP contribution in [-0.2, 0) is 0 Å². The third-order valence-corrected chi connectivity index (χ3v) is 5.46. The Morgan fingerprint density at radius 2 is 2.10 bits per heavy atom. The minimum absolute atomic E-state index is 0.234. The molecule has 1 aromatic rings. The lowest BCUT2D eigenvalue weighted by molar-refractivity contribution is 0.245. The van der Waals surface area contributed by atoms with Crippen molar-refractivity contribution in [3.05, 3.63) is 24.3 Å². The molecule has 0 amide bonds. The van der Waals surface area contributed by atoms with Gasteiger partial charge in [-0.3, -0.25) is 4.99 Å². The molecule has 1 heterocycles. The van der Waals surface area contributed by atoms with Crippen LogP contribution < -0.4 is 20.3 Å². The van der Waals surface area contributed by atoms with Gasteiger partial charge in [0.15, 0.2) is 5.96 Å². The highest BCUT2D eigenvalue weighted by Gasteiger charge is 2.24. The van der Waals surface area contributed by atoms with Crippen molar-refractivity contribution in [1.29, 1.82) is 0 Å². The van der Waals surface area contributed by atoms with E-state index in [9.17, 15) is 5.11 Å². The number of guanidine groups is 1. The molecule has 0 bridgehead atoms. The first kappa shape index (κ1) is 23.3. The van der Waals surface area contributed by atoms with Crippen LogP contribution in [-0.4, -0.2) is 57.5 Å². The molecule has 2 rings (SSSR count). The Bertz CT molecular complexity index is 621. The number of ether oxygens (including phenoxy) is 1. The second-order valence-corrected chi connectivity index (χ2v) is 8.38. The molecule has 6 heteroatoms. The summed E-state index contributed by atoms with van der Waals surface area (Å²) in [6, 6.07) is 8.24. The van der Waals surface area contributed by atoms with E-state index in [-0.39, 0.29) is 6.61 Å². The number of rotatable bonds is 11. The van der Waals surface area contributed by atoms with E-state index in [1.54, 1.807) is 7.11 Å². The molecule has 1 saturated heterocycles. The zero-order chi connectivity index (χ0) is 21.1. The highest BCUT2D eigenvalue weighted by atomic mass is 16.5. The molecular weight excluding hydrogens is 364 g/mol. The monoisotopic (exact) mass is 404 g/mol. The van der Waals surface area contributed by atoms with Crippen molar-refractivity contribution in [3.8, 4) is 5.75 Å². The number of para-hydroxylation sites is 2. The Labute approximate surface area is 176 Å². The first-order chi connectivity index (χ1) is 14.1. The Morgan fingerprint density at radius 3 is 2.79 bits per heavy atom. The summed E-state index contributed by atoms with van der Waals surface area (Å²) in [7, 11) is 1.73. The summed E-state index contributed by atoms with van der Waals surface area (Å²) in [4.78, 5) is 7.21. The van der Waals surface area contributed by atoms with Gasteiger partial charge >= 0.3 is 0 Å². The maximum absolute atomic E-state index is 9.33. The molecule has 3 N–H and O–H groups in total. The van der Waals surface area contributed by atoms with Crippen LogP contribution in [0.3, 0.4) is 0 Å². The first-order valence-electron chi connectivity index (χ1n) is 11.1. The van der Waals surface area contributed by atoms with Gasteiger partial charge in [-0.05, 0) is 56.1 Å². The number of hydrogen-bond donors (Lipinski definition) is 3. The standard InChI is InChI=1S/C23H40N4O2/c1-5-24-23(25-15-19(11-13-28)14-18(2)3)26-16-20-10-12-27(17-20)21-8-6-7-9-22(21)29-4/h6-9,18-20,28H,5,10-17H2,1-4H3,(H2,24,25,26). The SMILES string of the molecule is CCNC(=NCC(CCO)CC(C)C)NCC1CCN(c2ccccc2OC)C1. The van der Waals surface area contributed by atoms with E-state index in [1.165, 1.54) is 5.69 Å². The summed E-state index contributed by atoms with van der Waals surface area (Å²) < 4.78 is 5.52. The van der Waals surface area contributed by atoms with Crippen molar-refractivity contribution in [2.75, 3.05) is 51.3 Å². The number of hydrogen-bond acceptors (Lipinski definition) is 4. The lowest BCUT2D eigenvalue weighted by atomic mass is 9.94. The number of aliphatic hydroxyl groups excluding tert-OH is 1. The van der Waals surface area contributed by atoms with Crippen LogP contribution >= 0.6 is 0 Å². The lowest BCUT2D eigenvalue weighted by Gasteiger charge is -2.22. The molecule has 164 valence electrons. The molecule has 0 aliphatic carbocycles. The minimum Gasteiger partial charge on any atom is -0.495 e. The number of nitrogens with one attached hydrogen (secondary N) is 2. The van der Waals surface area contributed by atoms with E-state index >= 15 is 0 Å². The largest absolute Gasteiger partial charge is 0.495 e. The van der Waals surface area contributed by atoms with Crippen molar-refractivity contribution < 1.29 is 9.84 Å². The summed E-state index contributed by atoms with van der Waals surface area (Å²) in [6.45, 7) is 11.4. The zero-order valence-electron chi connectivity index (χ0n) is 18.7. The maximum Gasteiger partial charge on any atom is 0.191 e. The van der Waals surface area contributed by atoms with Crippen LogP contribution in [0.2, 0.25) is 0 Å². The van der Waals surface area contributed by atoms with Crippen molar-refractivity contribution >= 4 is 11.6 Å². The van der Waals surface area contributed by atoms with Gasteiger partial charge in [-0.25, -0.2) is 0 Å². The third kappa shape index (κ3) is 7.77. The van der Waals surface area contributed by atoms with Crippen LogP contribution in [0.5, 0.6) is 5.75 Å². The maximum atomic E-state index is 9.33. The number of aliphatic imine (C=N–C) groups is 1. The average molecular weight is 405 g/mol. The Kier molecular flexibility index (Phi) is 10.1. The molecule has 0 aromatic heterocycles. The molecular formula is C23H40N4O2. The van der Waals surface area contributed by atoms with E-state index in [0.29, 0.717) is 17.8 Å². The summed E-state index contributed by atoms with van der Waals surface area (Å²) in [5.41, 5.74) is 1.18. The van der Waals surface area contributed by atoms with Crippen molar-refractivity contribution in [2.45, 2.75) is 40.0 Å². The van der Waals surface area contributed by atoms with Gasteiger partial charge in [0.25, 0.3) is 0 Å². The van der Waals surface area contributed by atoms with E-state index < -0.39 is 0 Å². The molecule has 0 saturated carbocycles. The minimum atomic E-state index is 0.234. The molecule has 1 aliphatic rings. The molecule has 0 spiro atoms. The lowest BCUT2D eigenvalue weighted by Crippen LogP contribution is -2.40. The Morgan fingerprint density at radius 1 is 1.31 bits per heavy atom. The van der Waals surface area contributed by atoms with Gasteiger partial charge in [0.2, 0.25) is 0 Å². The molecule has 0 radical (unpaired) electrons. The van der Waals surface area contributed by atoms with Gasteiger partial charge in [0.1, 0.15) is 5.75 Å². The smallest absolute Gasteiger partial charge is 0.191 e. The van der Waals surface area contributed by atoms with Crippen molar-refractivity contribution in [3.63, 3.8) is 0 Å². The van der Waals surface area contributed by atoms with E-state index in [4.69, 9.17) is 9.73 Å². The molecule has 6 nitrogen and oxygen atoms in total. The fourth-order valence-corrected chi connectivity index (χ4v) is 4.05. The molecule has 2 unspecified atom stereocenters. The fourth-order valence-electron chi connectivity index (χ4n) is 4.05. The second kappa shape index (κ2) is 12.6. The predicted octanol–water partition coefficient (Wildman–Crippen LogP) is 3.12. The number of methoxy groups -OCH3 is 1. The number of benzene rings is 1. The Balaban J connectivity index is 1.88. The van der Waals surface area contributed by atoms with Gasteiger partial charge in [-0.2, -0.15) is 0 Å². The fraction of sp³-hybridized carbons (Fsp3) is 0.696. The van der Waals surface area contributed by atoms with Crippen LogP contribution in [0.1, 0.15) is 40.0 Å². The van der Waals surface area contributed by atoms with Crippen molar-refractivity contribution in [1.82, 2.24) is 10.6 Å². The average Bonchev–Trinajstić information content (AvgIpc) is 3.18. The zero-order valence-corrected chi connectivity index (χ0v) is 18.7. The topological polar surface area (TPSA) is 69.1 Å². The van der Waals surface area contributed by atoms with Gasteiger partial charge in [0, 0.05) is 39.3 Å². The highest BCUT2D eigenvalue weighted by Crippen LogP contribution is 2.31. The molecule has 29 heavy (non-hydrogen) atoms. The van der Waals surface area contributed by atoms with E-state index in [1.807, 2.05) is 12.1 Å². The molecule has 1 aromatic carbocycles. The van der Waals surface area contributed by atoms with Crippen molar-refractivity contribution in [2.24, 2.45) is 22.7 Å². The molecule has 1 aliphatic heterocycles. The van der Waals surface area contributed by atoms with Crippen LogP contribution in [0.4, 0.5) is 5.69 Å².